The van der Waals surface area contributed by atoms with Crippen LogP contribution in [0, 0.1) is 0 Å². The predicted octanol–water partition coefficient (Wildman–Crippen LogP) is 3.28. The molecule has 1 N–H and O–H groups in total. The molecule has 0 fully saturated rings. The summed E-state index contributed by atoms with van der Waals surface area (Å²) in [5.74, 6) is -0.171. The van der Waals surface area contributed by atoms with Crippen LogP contribution in [0.15, 0.2) is 68.0 Å². The van der Waals surface area contributed by atoms with Crippen LogP contribution < -0.4 is 19.6 Å². The fourth-order valence-electron chi connectivity index (χ4n) is 3.69. The van der Waals surface area contributed by atoms with Gasteiger partial charge in [0.25, 0.3) is 5.56 Å². The average Bonchev–Trinajstić information content (AvgIpc) is 3.09. The number of fused-ring (bicyclic) bond motifs is 1. The molecule has 0 amide bonds. The number of hydrogen-bond donors (Lipinski definition) is 1. The molecule has 0 saturated heterocycles. The van der Waals surface area contributed by atoms with Gasteiger partial charge in [-0.05, 0) is 55.3 Å². The normalized spacial score (nSPS) is 15.8. The van der Waals surface area contributed by atoms with Crippen LogP contribution in [-0.2, 0) is 9.53 Å². The van der Waals surface area contributed by atoms with Crippen molar-refractivity contribution in [1.29, 1.82) is 0 Å². The van der Waals surface area contributed by atoms with Gasteiger partial charge < -0.3 is 14.6 Å². The number of rotatable bonds is 5. The minimum Gasteiger partial charge on any atom is -0.504 e. The summed E-state index contributed by atoms with van der Waals surface area (Å²) >= 11 is 4.67. The molecule has 0 saturated carbocycles. The third kappa shape index (κ3) is 4.38. The number of methoxy groups -OCH3 is 1. The second-order valence-corrected chi connectivity index (χ2v) is 9.21. The van der Waals surface area contributed by atoms with Crippen molar-refractivity contribution in [3.8, 4) is 11.5 Å². The maximum absolute atomic E-state index is 13.5. The molecule has 1 aromatic heterocycles. The Morgan fingerprint density at radius 1 is 1.27 bits per heavy atom. The van der Waals surface area contributed by atoms with Crippen molar-refractivity contribution in [1.82, 2.24) is 4.57 Å². The minimum absolute atomic E-state index is 0.0149. The van der Waals surface area contributed by atoms with Gasteiger partial charge in [-0.1, -0.05) is 45.5 Å². The van der Waals surface area contributed by atoms with Crippen molar-refractivity contribution in [3.63, 3.8) is 0 Å². The van der Waals surface area contributed by atoms with Crippen LogP contribution >= 0.6 is 27.3 Å². The number of halogens is 1. The second kappa shape index (κ2) is 9.36. The summed E-state index contributed by atoms with van der Waals surface area (Å²) in [6.45, 7) is 3.71. The Kier molecular flexibility index (Phi) is 6.53. The summed E-state index contributed by atoms with van der Waals surface area (Å²) in [4.78, 5) is 31.5. The molecular weight excluding hydrogens is 508 g/mol. The molecule has 9 heteroatoms. The van der Waals surface area contributed by atoms with Crippen LogP contribution in [0.2, 0.25) is 0 Å². The van der Waals surface area contributed by atoms with Gasteiger partial charge in [0.15, 0.2) is 16.3 Å². The number of phenols is 1. The summed E-state index contributed by atoms with van der Waals surface area (Å²) in [5, 5.41) is 9.85. The lowest BCUT2D eigenvalue weighted by molar-refractivity contribution is -0.139. The van der Waals surface area contributed by atoms with E-state index in [4.69, 9.17) is 9.47 Å². The average molecular weight is 529 g/mol. The van der Waals surface area contributed by atoms with Crippen LogP contribution in [0.5, 0.6) is 11.5 Å². The van der Waals surface area contributed by atoms with Crippen molar-refractivity contribution in [2.45, 2.75) is 19.9 Å². The summed E-state index contributed by atoms with van der Waals surface area (Å²) in [6.07, 6.45) is 1.72. The number of carbonyl (C=O) groups excluding carboxylic acids is 1. The van der Waals surface area contributed by atoms with Gasteiger partial charge in [0.2, 0.25) is 0 Å². The molecule has 1 aliphatic rings. The van der Waals surface area contributed by atoms with Gasteiger partial charge >= 0.3 is 5.97 Å². The van der Waals surface area contributed by atoms with Crippen molar-refractivity contribution in [3.05, 3.63) is 89.0 Å². The Morgan fingerprint density at radius 3 is 2.67 bits per heavy atom. The Bertz CT molecular complexity index is 1440. The largest absolute Gasteiger partial charge is 0.504 e. The van der Waals surface area contributed by atoms with E-state index in [0.29, 0.717) is 31.9 Å². The fraction of sp³-hybridized carbons (Fsp3) is 0.208. The molecule has 170 valence electrons. The number of allylic oxidation sites excluding steroid dienone is 1. The molecule has 0 bridgehead atoms. The highest BCUT2D eigenvalue weighted by Gasteiger charge is 2.33. The first-order chi connectivity index (χ1) is 15.8. The van der Waals surface area contributed by atoms with E-state index in [-0.39, 0.29) is 17.9 Å². The van der Waals surface area contributed by atoms with Gasteiger partial charge in [-0.2, -0.15) is 0 Å². The highest BCUT2D eigenvalue weighted by molar-refractivity contribution is 9.10. The highest BCUT2D eigenvalue weighted by Crippen LogP contribution is 2.31. The third-order valence-electron chi connectivity index (χ3n) is 5.20. The van der Waals surface area contributed by atoms with Crippen LogP contribution in [0.4, 0.5) is 0 Å². The van der Waals surface area contributed by atoms with Crippen molar-refractivity contribution in [2.75, 3.05) is 13.7 Å². The van der Waals surface area contributed by atoms with E-state index in [1.807, 2.05) is 24.3 Å². The number of thiazole rings is 1. The lowest BCUT2D eigenvalue weighted by atomic mass is 9.96. The molecule has 0 aliphatic carbocycles. The first kappa shape index (κ1) is 23.0. The summed E-state index contributed by atoms with van der Waals surface area (Å²) < 4.78 is 13.3. The maximum Gasteiger partial charge on any atom is 0.338 e. The molecule has 0 unspecified atom stereocenters. The molecule has 3 aromatic rings. The van der Waals surface area contributed by atoms with Crippen molar-refractivity contribution in [2.24, 2.45) is 4.99 Å². The lowest BCUT2D eigenvalue weighted by Crippen LogP contribution is -2.39. The molecule has 7 nitrogen and oxygen atoms in total. The smallest absolute Gasteiger partial charge is 0.338 e. The van der Waals surface area contributed by atoms with E-state index in [9.17, 15) is 14.7 Å². The molecule has 2 heterocycles. The van der Waals surface area contributed by atoms with Gasteiger partial charge in [0.1, 0.15) is 0 Å². The molecule has 33 heavy (non-hydrogen) atoms. The minimum atomic E-state index is -0.662. The zero-order chi connectivity index (χ0) is 23.7. The molecular formula is C24H21BrN2O5S. The van der Waals surface area contributed by atoms with Gasteiger partial charge in [0, 0.05) is 4.47 Å². The second-order valence-electron chi connectivity index (χ2n) is 7.29. The van der Waals surface area contributed by atoms with Crippen LogP contribution in [-0.4, -0.2) is 29.4 Å². The molecule has 4 rings (SSSR count). The molecule has 1 aliphatic heterocycles. The number of ether oxygens (including phenoxy) is 2. The van der Waals surface area contributed by atoms with Crippen LogP contribution in [0.1, 0.15) is 31.0 Å². The maximum atomic E-state index is 13.5. The molecule has 0 radical (unpaired) electrons. The lowest BCUT2D eigenvalue weighted by Gasteiger charge is -2.24. The standard InChI is InChI=1S/C24H21BrN2O5S/c1-4-32-23(30)20-13(2)26-24-27(21(20)15-6-8-16(25)9-7-15)22(29)19(33-24)12-14-5-10-17(28)18(11-14)31-3/h5-12,21,28H,4H2,1-3H3/b19-12-/t21-/m0/s1. The zero-order valence-corrected chi connectivity index (χ0v) is 20.6. The third-order valence-corrected chi connectivity index (χ3v) is 6.72. The van der Waals surface area contributed by atoms with Gasteiger partial charge in [0.05, 0.1) is 35.6 Å². The first-order valence-electron chi connectivity index (χ1n) is 10.2. The number of esters is 1. The molecule has 0 spiro atoms. The topological polar surface area (TPSA) is 90.1 Å². The van der Waals surface area contributed by atoms with Gasteiger partial charge in [-0.25, -0.2) is 9.79 Å². The molecule has 1 atom stereocenters. The predicted molar refractivity (Wildman–Crippen MR) is 129 cm³/mol. The van der Waals surface area contributed by atoms with Crippen LogP contribution in [0.3, 0.4) is 0 Å². The Balaban J connectivity index is 1.94. The summed E-state index contributed by atoms with van der Waals surface area (Å²) in [5.41, 5.74) is 2.05. The quantitative estimate of drug-likeness (QED) is 0.513. The van der Waals surface area contributed by atoms with E-state index in [1.165, 1.54) is 29.1 Å². The fourth-order valence-corrected chi connectivity index (χ4v) is 5.00. The number of phenolic OH excluding ortho intramolecular Hbond substituents is 1. The van der Waals surface area contributed by atoms with Gasteiger partial charge in [-0.3, -0.25) is 9.36 Å². The zero-order valence-electron chi connectivity index (χ0n) is 18.2. The highest BCUT2D eigenvalue weighted by atomic mass is 79.9. The Labute approximate surface area is 202 Å². The van der Waals surface area contributed by atoms with E-state index in [0.717, 1.165) is 10.0 Å². The van der Waals surface area contributed by atoms with Crippen LogP contribution in [0.25, 0.3) is 6.08 Å². The van der Waals surface area contributed by atoms with E-state index < -0.39 is 12.0 Å². The van der Waals surface area contributed by atoms with E-state index >= 15 is 0 Å². The first-order valence-corrected chi connectivity index (χ1v) is 11.8. The van der Waals surface area contributed by atoms with E-state index in [1.54, 1.807) is 32.1 Å². The Morgan fingerprint density at radius 2 is 2.00 bits per heavy atom. The summed E-state index contributed by atoms with van der Waals surface area (Å²) in [7, 11) is 1.46. The Hall–Kier alpha value is -3.17. The number of aromatic hydroxyl groups is 1. The number of benzene rings is 2. The SMILES string of the molecule is CCOC(=O)C1=C(C)N=c2s/c(=C\c3ccc(O)c(OC)c3)c(=O)n2[C@H]1c1ccc(Br)cc1. The van der Waals surface area contributed by atoms with Gasteiger partial charge in [-0.15, -0.1) is 0 Å². The van der Waals surface area contributed by atoms with Crippen molar-refractivity contribution >= 4 is 39.3 Å². The number of nitrogens with zero attached hydrogens (tertiary/aromatic N) is 2. The number of aromatic nitrogens is 1. The molecule has 2 aromatic carbocycles. The number of hydrogen-bond acceptors (Lipinski definition) is 7. The number of carbonyl (C=O) groups is 1. The summed E-state index contributed by atoms with van der Waals surface area (Å²) in [6, 6.07) is 11.7. The van der Waals surface area contributed by atoms with E-state index in [2.05, 4.69) is 20.9 Å². The monoisotopic (exact) mass is 528 g/mol. The van der Waals surface area contributed by atoms with Crippen molar-refractivity contribution < 1.29 is 19.4 Å².